The van der Waals surface area contributed by atoms with Gasteiger partial charge in [-0.2, -0.15) is 0 Å². The number of ether oxygens (including phenoxy) is 3. The second kappa shape index (κ2) is 23.1. The quantitative estimate of drug-likeness (QED) is 0.0514. The van der Waals surface area contributed by atoms with Gasteiger partial charge in [-0.25, -0.2) is 0 Å². The van der Waals surface area contributed by atoms with Crippen LogP contribution < -0.4 is 25.4 Å². The Balaban J connectivity index is 1.17. The summed E-state index contributed by atoms with van der Waals surface area (Å²) in [4.78, 5) is 20.3. The van der Waals surface area contributed by atoms with Crippen molar-refractivity contribution in [2.75, 3.05) is 39.7 Å². The van der Waals surface area contributed by atoms with Gasteiger partial charge in [-0.3, -0.25) is 15.1 Å². The van der Waals surface area contributed by atoms with E-state index in [9.17, 15) is 20.4 Å². The number of rotatable bonds is 15. The number of ketones is 1. The van der Waals surface area contributed by atoms with E-state index in [1.54, 1.807) is 20.2 Å². The zero-order valence-corrected chi connectivity index (χ0v) is 43.9. The summed E-state index contributed by atoms with van der Waals surface area (Å²) >= 11 is 0. The molecule has 0 radical (unpaired) electrons. The van der Waals surface area contributed by atoms with Crippen molar-refractivity contribution in [3.8, 4) is 35.0 Å². The third-order valence-corrected chi connectivity index (χ3v) is 19.5. The van der Waals surface area contributed by atoms with Crippen molar-refractivity contribution in [2.45, 2.75) is 178 Å². The van der Waals surface area contributed by atoms with Crippen LogP contribution in [0.2, 0.25) is 0 Å². The number of phenols is 2. The molecule has 6 fully saturated rings. The standard InChI is InChI=1S/C60H86N4O8/c1-5-39-19-21-45-46(17-12-30-65)48-18-10-27-60(48)43-34-50(56(69)53(35-43)72-58(38-61-2)28-25-41(36-58)33-55(68)71-44-15-7-6-8-16-44)64-57(62-3)63-29-11-14-42-13-9-26-59(42,54(67)24-22-49(60)47(45)31-39)37-40-20-23-51(66)52(32-40)70-4/h20,22-24,32,34-35,39,41-42,44-49,55,61,65-66,68-69H,5-10,12-19,21,25-28,30-31,33,36-38H2,1-4H3,(H2,62,63,64). The highest BCUT2D eigenvalue weighted by Gasteiger charge is 2.61. The Hall–Kier alpha value is -4.28. The van der Waals surface area contributed by atoms with Crippen LogP contribution in [0.1, 0.15) is 159 Å². The number of nitrogens with zero attached hydrogens (tertiary/aromatic N) is 1. The van der Waals surface area contributed by atoms with Crippen LogP contribution in [0.25, 0.3) is 0 Å². The molecule has 0 aromatic heterocycles. The van der Waals surface area contributed by atoms with Crippen LogP contribution in [0.3, 0.4) is 0 Å². The van der Waals surface area contributed by atoms with Crippen molar-refractivity contribution in [3.63, 3.8) is 0 Å². The molecule has 12 unspecified atom stereocenters. The highest BCUT2D eigenvalue weighted by molar-refractivity contribution is 5.97. The highest BCUT2D eigenvalue weighted by Crippen LogP contribution is 2.67. The summed E-state index contributed by atoms with van der Waals surface area (Å²) in [7, 11) is 5.22. The van der Waals surface area contributed by atoms with Gasteiger partial charge in [-0.15, -0.1) is 0 Å². The molecule has 9 rings (SSSR count). The van der Waals surface area contributed by atoms with Gasteiger partial charge in [0, 0.05) is 49.9 Å². The normalized spacial score (nSPS) is 34.7. The summed E-state index contributed by atoms with van der Waals surface area (Å²) in [6.45, 7) is 3.06. The molecule has 394 valence electrons. The first kappa shape index (κ1) is 52.6. The number of likely N-dealkylation sites (N-methyl/N-ethyl adjacent to an activating group) is 1. The van der Waals surface area contributed by atoms with Crippen molar-refractivity contribution >= 4 is 17.4 Å². The van der Waals surface area contributed by atoms with E-state index in [1.807, 2.05) is 25.3 Å². The summed E-state index contributed by atoms with van der Waals surface area (Å²) < 4.78 is 19.1. The van der Waals surface area contributed by atoms with Gasteiger partial charge in [0.2, 0.25) is 5.96 Å². The maximum atomic E-state index is 15.7. The van der Waals surface area contributed by atoms with E-state index >= 15 is 4.79 Å². The number of aliphatic hydroxyl groups excluding tert-OH is 2. The smallest absolute Gasteiger partial charge is 0.207 e. The van der Waals surface area contributed by atoms with Crippen LogP contribution in [0.4, 0.5) is 5.69 Å². The van der Waals surface area contributed by atoms with Gasteiger partial charge in [-0.05, 0) is 186 Å². The summed E-state index contributed by atoms with van der Waals surface area (Å²) in [5, 5.41) is 55.0. The second-order valence-electron chi connectivity index (χ2n) is 23.4. The molecule has 2 bridgehead atoms. The molecule has 0 amide bonds. The predicted molar refractivity (Wildman–Crippen MR) is 283 cm³/mol. The van der Waals surface area contributed by atoms with Crippen molar-refractivity contribution in [2.24, 2.45) is 57.8 Å². The largest absolute Gasteiger partial charge is 0.504 e. The molecule has 12 nitrogen and oxygen atoms in total. The number of aliphatic hydroxyl groups is 2. The molecule has 1 aliphatic heterocycles. The van der Waals surface area contributed by atoms with E-state index in [0.717, 1.165) is 120 Å². The summed E-state index contributed by atoms with van der Waals surface area (Å²) in [5.41, 5.74) is 0.815. The molecule has 2 aromatic carbocycles. The molecule has 6 aliphatic carbocycles. The number of guanidine groups is 1. The van der Waals surface area contributed by atoms with Crippen LogP contribution in [0.5, 0.6) is 23.0 Å². The Bertz CT molecular complexity index is 2320. The van der Waals surface area contributed by atoms with E-state index in [1.165, 1.54) is 12.8 Å². The van der Waals surface area contributed by atoms with Gasteiger partial charge in [0.15, 0.2) is 35.1 Å². The Morgan fingerprint density at radius 3 is 2.56 bits per heavy atom. The Kier molecular flexibility index (Phi) is 16.9. The number of allylic oxidation sites excluding steroid dienone is 2. The minimum absolute atomic E-state index is 0.00483. The molecular formula is C60H86N4O8. The van der Waals surface area contributed by atoms with Gasteiger partial charge >= 0.3 is 0 Å². The first-order valence-electron chi connectivity index (χ1n) is 28.2. The number of aliphatic imine (C=N–C) groups is 1. The third kappa shape index (κ3) is 10.7. The minimum Gasteiger partial charge on any atom is -0.504 e. The van der Waals surface area contributed by atoms with E-state index in [2.05, 4.69) is 58.0 Å². The average Bonchev–Trinajstić information content (AvgIpc) is 4.13. The van der Waals surface area contributed by atoms with E-state index in [-0.39, 0.29) is 53.7 Å². The van der Waals surface area contributed by atoms with Crippen molar-refractivity contribution in [1.82, 2.24) is 10.6 Å². The van der Waals surface area contributed by atoms with Crippen LogP contribution in [0.15, 0.2) is 47.5 Å². The maximum absolute atomic E-state index is 15.7. The predicted octanol–water partition coefficient (Wildman–Crippen LogP) is 10.3. The lowest BCUT2D eigenvalue weighted by Crippen LogP contribution is -2.55. The summed E-state index contributed by atoms with van der Waals surface area (Å²) in [6.07, 6.45) is 25.0. The van der Waals surface area contributed by atoms with Gasteiger partial charge in [0.1, 0.15) is 5.60 Å². The zero-order chi connectivity index (χ0) is 50.5. The number of benzene rings is 2. The van der Waals surface area contributed by atoms with E-state index in [0.29, 0.717) is 79.0 Å². The first-order chi connectivity index (χ1) is 35.0. The first-order valence-corrected chi connectivity index (χ1v) is 28.2. The van der Waals surface area contributed by atoms with Gasteiger partial charge in [-0.1, -0.05) is 69.9 Å². The van der Waals surface area contributed by atoms with Crippen LogP contribution in [0, 0.1) is 64.7 Å². The molecule has 6 saturated carbocycles. The number of aromatic hydroxyl groups is 2. The molecule has 2 aromatic rings. The van der Waals surface area contributed by atoms with Gasteiger partial charge in [0.25, 0.3) is 0 Å². The number of anilines is 1. The molecule has 12 heteroatoms. The lowest BCUT2D eigenvalue weighted by molar-refractivity contribution is -0.152. The number of nitrogens with one attached hydrogen (secondary N) is 3. The Morgan fingerprint density at radius 2 is 1.78 bits per heavy atom. The van der Waals surface area contributed by atoms with Crippen molar-refractivity contribution in [3.05, 3.63) is 53.6 Å². The molecular weight excluding hydrogens is 905 g/mol. The van der Waals surface area contributed by atoms with Crippen LogP contribution in [-0.4, -0.2) is 84.5 Å². The van der Waals surface area contributed by atoms with E-state index < -0.39 is 22.7 Å². The molecule has 72 heavy (non-hydrogen) atoms. The molecule has 0 saturated heterocycles. The van der Waals surface area contributed by atoms with Crippen molar-refractivity contribution < 1.29 is 39.4 Å². The SMILES string of the molecule is CCC1CCC2C(C1)C1C=CC(=O)C3(Cc4ccc(O)c(OC)c4)CCCC3CC#CNC(=NC)Nc3cc(cc(OC4(CNC)CCC(CC(O)OC5CCCCC5)C4)c3O)C13CCCC3C2CCCO. The molecule has 7 aliphatic rings. The summed E-state index contributed by atoms with van der Waals surface area (Å²) in [5.74, 6) is 7.14. The fraction of sp³-hybridized carbons (Fsp3) is 0.700. The highest BCUT2D eigenvalue weighted by atomic mass is 16.6. The fourth-order valence-corrected chi connectivity index (χ4v) is 16.2. The van der Waals surface area contributed by atoms with Gasteiger partial charge < -0.3 is 45.3 Å². The second-order valence-corrected chi connectivity index (χ2v) is 23.4. The average molecular weight is 991 g/mol. The number of fused-ring (bicyclic) bond motifs is 5. The van der Waals surface area contributed by atoms with Gasteiger partial charge in [0.05, 0.1) is 18.9 Å². The van der Waals surface area contributed by atoms with Crippen LogP contribution in [-0.2, 0) is 21.4 Å². The topological polar surface area (TPSA) is 174 Å². The monoisotopic (exact) mass is 991 g/mol. The molecule has 1 spiro atoms. The van der Waals surface area contributed by atoms with Crippen LogP contribution >= 0.6 is 0 Å². The molecule has 12 atom stereocenters. The lowest BCUT2D eigenvalue weighted by Gasteiger charge is -2.59. The summed E-state index contributed by atoms with van der Waals surface area (Å²) in [6, 6.07) is 13.0. The number of hydrogen-bond donors (Lipinski definition) is 7. The van der Waals surface area contributed by atoms with E-state index in [4.69, 9.17) is 14.2 Å². The number of carbonyl (C=O) groups excluding carboxylic acids is 1. The minimum atomic E-state index is -0.819. The lowest BCUT2D eigenvalue weighted by atomic mass is 9.45. The number of hydrogen-bond acceptors (Lipinski definition) is 10. The maximum Gasteiger partial charge on any atom is 0.207 e. The van der Waals surface area contributed by atoms with Crippen molar-refractivity contribution in [1.29, 1.82) is 0 Å². The Labute approximate surface area is 429 Å². The fourth-order valence-electron chi connectivity index (χ4n) is 16.2. The number of phenolic OH excluding ortho intramolecular Hbond substituents is 2. The third-order valence-electron chi connectivity index (χ3n) is 19.5. The number of methoxy groups -OCH3 is 1. The Morgan fingerprint density at radius 1 is 0.944 bits per heavy atom. The molecule has 7 N–H and O–H groups in total. The zero-order valence-electron chi connectivity index (χ0n) is 43.9. The number of carbonyl (C=O) groups is 1. The molecule has 1 heterocycles.